The molecule has 0 saturated carbocycles. The van der Waals surface area contributed by atoms with Gasteiger partial charge in [-0.1, -0.05) is 12.2 Å². The maximum absolute atomic E-state index is 11.9. The van der Waals surface area contributed by atoms with Crippen LogP contribution in [0.1, 0.15) is 32.1 Å². The topological polar surface area (TPSA) is 43.4 Å². The van der Waals surface area contributed by atoms with Crippen molar-refractivity contribution in [2.75, 3.05) is 11.5 Å². The molecule has 0 bridgehead atoms. The van der Waals surface area contributed by atoms with E-state index in [-0.39, 0.29) is 30.1 Å². The zero-order valence-electron chi connectivity index (χ0n) is 11.6. The predicted octanol–water partition coefficient (Wildman–Crippen LogP) is 2.87. The highest BCUT2D eigenvalue weighted by molar-refractivity contribution is 7.91. The van der Waals surface area contributed by atoms with Gasteiger partial charge in [-0.2, -0.15) is 13.2 Å². The summed E-state index contributed by atoms with van der Waals surface area (Å²) in [6.07, 6.45) is 3.73. The number of alkyl halides is 3. The van der Waals surface area contributed by atoms with E-state index in [0.29, 0.717) is 12.8 Å². The molecule has 1 aliphatic heterocycles. The molecule has 0 aromatic heterocycles. The van der Waals surface area contributed by atoms with Crippen LogP contribution in [0.3, 0.4) is 0 Å². The summed E-state index contributed by atoms with van der Waals surface area (Å²) in [5.41, 5.74) is 0. The van der Waals surface area contributed by atoms with Crippen LogP contribution in [0.5, 0.6) is 0 Å². The molecule has 0 spiro atoms. The number of ether oxygens (including phenoxy) is 1. The van der Waals surface area contributed by atoms with E-state index in [4.69, 9.17) is 11.2 Å². The molecule has 0 radical (unpaired) electrons. The Morgan fingerprint density at radius 2 is 1.90 bits per heavy atom. The first-order valence-electron chi connectivity index (χ1n) is 6.73. The zero-order valence-corrected chi connectivity index (χ0v) is 12.4. The lowest BCUT2D eigenvalue weighted by Gasteiger charge is -2.11. The maximum atomic E-state index is 11.9. The average Bonchev–Trinajstić information content (AvgIpc) is 2.74. The molecule has 2 unspecified atom stereocenters. The number of rotatable bonds is 7. The maximum Gasteiger partial charge on any atom is 0.389 e. The summed E-state index contributed by atoms with van der Waals surface area (Å²) in [4.78, 5) is 0. The first kappa shape index (κ1) is 18.1. The Labute approximate surface area is 123 Å². The van der Waals surface area contributed by atoms with Gasteiger partial charge < -0.3 is 4.74 Å². The van der Waals surface area contributed by atoms with Crippen LogP contribution in [0.25, 0.3) is 0 Å². The fourth-order valence-electron chi connectivity index (χ4n) is 2.12. The van der Waals surface area contributed by atoms with Gasteiger partial charge in [-0.25, -0.2) is 8.42 Å². The molecule has 1 aliphatic rings. The second kappa shape index (κ2) is 7.85. The zero-order chi connectivity index (χ0) is 15.9. The lowest BCUT2D eigenvalue weighted by molar-refractivity contribution is -0.133. The minimum Gasteiger partial charge on any atom is -0.373 e. The van der Waals surface area contributed by atoms with E-state index in [1.807, 2.05) is 0 Å². The van der Waals surface area contributed by atoms with E-state index in [1.54, 1.807) is 0 Å². The third-order valence-corrected chi connectivity index (χ3v) is 4.67. The van der Waals surface area contributed by atoms with Gasteiger partial charge in [0.25, 0.3) is 0 Å². The monoisotopic (exact) mass is 324 g/mol. The van der Waals surface area contributed by atoms with Crippen molar-refractivity contribution in [1.29, 1.82) is 0 Å². The summed E-state index contributed by atoms with van der Waals surface area (Å²) in [5.74, 6) is 2.10. The number of hydrogen-bond acceptors (Lipinski definition) is 3. The van der Waals surface area contributed by atoms with Crippen LogP contribution in [0.2, 0.25) is 0 Å². The Morgan fingerprint density at radius 1 is 1.24 bits per heavy atom. The predicted molar refractivity (Wildman–Crippen MR) is 74.4 cm³/mol. The van der Waals surface area contributed by atoms with E-state index < -0.39 is 22.4 Å². The highest BCUT2D eigenvalue weighted by Gasteiger charge is 2.28. The summed E-state index contributed by atoms with van der Waals surface area (Å²) in [6.45, 7) is 0. The Kier molecular flexibility index (Phi) is 6.75. The van der Waals surface area contributed by atoms with Gasteiger partial charge in [-0.05, 0) is 19.3 Å². The van der Waals surface area contributed by atoms with Gasteiger partial charge in [0.15, 0.2) is 9.84 Å². The van der Waals surface area contributed by atoms with Crippen LogP contribution in [0, 0.1) is 12.3 Å². The SMILES string of the molecule is C#CCC1CCC(CS(=O)(=O)CC=CCCC(F)(F)F)O1. The fraction of sp³-hybridized carbons (Fsp3) is 0.714. The lowest BCUT2D eigenvalue weighted by Crippen LogP contribution is -2.23. The Balaban J connectivity index is 2.31. The van der Waals surface area contributed by atoms with Crippen LogP contribution in [0.4, 0.5) is 13.2 Å². The Morgan fingerprint density at radius 3 is 2.52 bits per heavy atom. The van der Waals surface area contributed by atoms with E-state index in [1.165, 1.54) is 12.2 Å². The van der Waals surface area contributed by atoms with Crippen molar-refractivity contribution in [3.63, 3.8) is 0 Å². The normalized spacial score (nSPS) is 23.5. The third kappa shape index (κ3) is 8.12. The molecule has 120 valence electrons. The summed E-state index contributed by atoms with van der Waals surface area (Å²) in [6, 6.07) is 0. The summed E-state index contributed by atoms with van der Waals surface area (Å²) in [7, 11) is -3.36. The Bertz CT molecular complexity index is 489. The van der Waals surface area contributed by atoms with Gasteiger partial charge in [-0.15, -0.1) is 12.3 Å². The molecule has 1 heterocycles. The minimum atomic E-state index is -4.22. The smallest absolute Gasteiger partial charge is 0.373 e. The molecule has 3 nitrogen and oxygen atoms in total. The van der Waals surface area contributed by atoms with Crippen LogP contribution >= 0.6 is 0 Å². The van der Waals surface area contributed by atoms with Crippen molar-refractivity contribution in [2.45, 2.75) is 50.5 Å². The van der Waals surface area contributed by atoms with Gasteiger partial charge in [0.05, 0.1) is 23.7 Å². The van der Waals surface area contributed by atoms with Crippen LogP contribution in [-0.4, -0.2) is 38.3 Å². The number of halogens is 3. The minimum absolute atomic E-state index is 0.0856. The van der Waals surface area contributed by atoms with Crippen molar-refractivity contribution in [2.24, 2.45) is 0 Å². The van der Waals surface area contributed by atoms with Crippen LogP contribution in [0.15, 0.2) is 12.2 Å². The molecule has 0 aliphatic carbocycles. The summed E-state index contributed by atoms with van der Waals surface area (Å²) in [5, 5.41) is 0. The molecule has 0 aromatic carbocycles. The molecule has 7 heteroatoms. The van der Waals surface area contributed by atoms with Gasteiger partial charge >= 0.3 is 6.18 Å². The number of terminal acetylenes is 1. The molecule has 21 heavy (non-hydrogen) atoms. The molecule has 0 N–H and O–H groups in total. The Hall–Kier alpha value is -1.00. The first-order valence-corrected chi connectivity index (χ1v) is 8.55. The van der Waals surface area contributed by atoms with Crippen molar-refractivity contribution in [3.8, 4) is 12.3 Å². The van der Waals surface area contributed by atoms with E-state index >= 15 is 0 Å². The van der Waals surface area contributed by atoms with Crippen molar-refractivity contribution < 1.29 is 26.3 Å². The second-order valence-corrected chi connectivity index (χ2v) is 7.22. The average molecular weight is 324 g/mol. The molecule has 0 aromatic rings. The molecule has 1 saturated heterocycles. The van der Waals surface area contributed by atoms with E-state index in [2.05, 4.69) is 5.92 Å². The van der Waals surface area contributed by atoms with E-state index in [0.717, 1.165) is 6.42 Å². The molecule has 1 rings (SSSR count). The van der Waals surface area contributed by atoms with Gasteiger partial charge in [-0.3, -0.25) is 0 Å². The van der Waals surface area contributed by atoms with E-state index in [9.17, 15) is 21.6 Å². The fourth-order valence-corrected chi connectivity index (χ4v) is 3.49. The standard InChI is InChI=1S/C14H19F3O3S/c1-2-6-12-7-8-13(20-12)11-21(18,19)10-5-3-4-9-14(15,16)17/h1,3,5,12-13H,4,6-11H2. The van der Waals surface area contributed by atoms with Gasteiger partial charge in [0.2, 0.25) is 0 Å². The number of hydrogen-bond donors (Lipinski definition) is 0. The first-order chi connectivity index (χ1) is 9.72. The largest absolute Gasteiger partial charge is 0.389 e. The van der Waals surface area contributed by atoms with Crippen molar-refractivity contribution in [1.82, 2.24) is 0 Å². The molecular weight excluding hydrogens is 305 g/mol. The van der Waals surface area contributed by atoms with Gasteiger partial charge in [0.1, 0.15) is 0 Å². The van der Waals surface area contributed by atoms with Crippen LogP contribution in [-0.2, 0) is 14.6 Å². The number of sulfone groups is 1. The molecule has 0 amide bonds. The quantitative estimate of drug-likeness (QED) is 0.534. The molecule has 1 fully saturated rings. The lowest BCUT2D eigenvalue weighted by atomic mass is 10.2. The van der Waals surface area contributed by atoms with Crippen LogP contribution < -0.4 is 0 Å². The highest BCUT2D eigenvalue weighted by Crippen LogP contribution is 2.23. The summed E-state index contributed by atoms with van der Waals surface area (Å²) >= 11 is 0. The molecular formula is C14H19F3O3S. The van der Waals surface area contributed by atoms with Crippen molar-refractivity contribution in [3.05, 3.63) is 12.2 Å². The highest BCUT2D eigenvalue weighted by atomic mass is 32.2. The molecule has 2 atom stereocenters. The van der Waals surface area contributed by atoms with Crippen molar-refractivity contribution >= 4 is 9.84 Å². The number of allylic oxidation sites excluding steroid dienone is 1. The van der Waals surface area contributed by atoms with Gasteiger partial charge in [0, 0.05) is 12.8 Å². The third-order valence-electron chi connectivity index (χ3n) is 3.09. The summed E-state index contributed by atoms with van der Waals surface area (Å²) < 4.78 is 64.9. The second-order valence-electron chi connectivity index (χ2n) is 5.07.